The number of furan rings is 1. The molecule has 1 aliphatic rings. The van der Waals surface area contributed by atoms with Crippen molar-refractivity contribution in [3.8, 4) is 0 Å². The Morgan fingerprint density at radius 3 is 2.71 bits per heavy atom. The van der Waals surface area contributed by atoms with E-state index in [1.165, 1.54) is 0 Å². The van der Waals surface area contributed by atoms with Crippen LogP contribution in [-0.2, 0) is 34.3 Å². The fourth-order valence-corrected chi connectivity index (χ4v) is 4.35. The van der Waals surface area contributed by atoms with Crippen molar-refractivity contribution in [3.63, 3.8) is 0 Å². The Balaban J connectivity index is 1.56. The lowest BCUT2D eigenvalue weighted by Gasteiger charge is -2.21. The van der Waals surface area contributed by atoms with E-state index in [0.29, 0.717) is 12.3 Å². The van der Waals surface area contributed by atoms with Gasteiger partial charge in [-0.2, -0.15) is 0 Å². The van der Waals surface area contributed by atoms with Gasteiger partial charge in [0.15, 0.2) is 0 Å². The molecular formula is C19H25NO3S. The minimum atomic E-state index is -0.830. The molecule has 0 bridgehead atoms. The van der Waals surface area contributed by atoms with Gasteiger partial charge in [0.1, 0.15) is 11.5 Å². The van der Waals surface area contributed by atoms with E-state index in [9.17, 15) is 4.21 Å². The molecule has 5 heteroatoms. The van der Waals surface area contributed by atoms with Crippen LogP contribution < -0.4 is 5.32 Å². The molecule has 0 aliphatic carbocycles. The summed E-state index contributed by atoms with van der Waals surface area (Å²) in [4.78, 5) is 0. The SMILES string of the molecule is CCc1ccc(CNc2cccc(CS(=O)C3CCOCC3)c2)o1. The highest BCUT2D eigenvalue weighted by Gasteiger charge is 2.20. The lowest BCUT2D eigenvalue weighted by atomic mass is 10.2. The number of anilines is 1. The monoisotopic (exact) mass is 347 g/mol. The van der Waals surface area contributed by atoms with Gasteiger partial charge in [-0.3, -0.25) is 4.21 Å². The average Bonchev–Trinajstić information content (AvgIpc) is 3.09. The third kappa shape index (κ3) is 4.71. The summed E-state index contributed by atoms with van der Waals surface area (Å²) < 4.78 is 23.6. The van der Waals surface area contributed by atoms with E-state index >= 15 is 0 Å². The quantitative estimate of drug-likeness (QED) is 0.826. The summed E-state index contributed by atoms with van der Waals surface area (Å²) in [6.45, 7) is 4.21. The van der Waals surface area contributed by atoms with Crippen LogP contribution >= 0.6 is 0 Å². The molecule has 3 rings (SSSR count). The molecule has 2 aromatic rings. The smallest absolute Gasteiger partial charge is 0.123 e. The maximum absolute atomic E-state index is 12.5. The van der Waals surface area contributed by atoms with Crippen LogP contribution in [0.1, 0.15) is 36.8 Å². The predicted molar refractivity (Wildman–Crippen MR) is 97.5 cm³/mol. The van der Waals surface area contributed by atoms with E-state index in [1.54, 1.807) is 0 Å². The van der Waals surface area contributed by atoms with Gasteiger partial charge in [-0.25, -0.2) is 0 Å². The molecule has 1 aromatic carbocycles. The van der Waals surface area contributed by atoms with E-state index in [2.05, 4.69) is 18.3 Å². The minimum Gasteiger partial charge on any atom is -0.464 e. The number of hydrogen-bond acceptors (Lipinski definition) is 4. The first-order valence-corrected chi connectivity index (χ1v) is 9.98. The van der Waals surface area contributed by atoms with Crippen LogP contribution in [0.2, 0.25) is 0 Å². The Morgan fingerprint density at radius 1 is 1.17 bits per heavy atom. The topological polar surface area (TPSA) is 51.5 Å². The first-order valence-electron chi connectivity index (χ1n) is 8.60. The van der Waals surface area contributed by atoms with Gasteiger partial charge in [0.05, 0.1) is 6.54 Å². The lowest BCUT2D eigenvalue weighted by Crippen LogP contribution is -2.25. The largest absolute Gasteiger partial charge is 0.464 e. The lowest BCUT2D eigenvalue weighted by molar-refractivity contribution is 0.0992. The van der Waals surface area contributed by atoms with Crippen molar-refractivity contribution in [2.45, 2.75) is 43.7 Å². The van der Waals surface area contributed by atoms with Gasteiger partial charge in [0.25, 0.3) is 0 Å². The van der Waals surface area contributed by atoms with Gasteiger partial charge < -0.3 is 14.5 Å². The molecule has 4 nitrogen and oxygen atoms in total. The average molecular weight is 347 g/mol. The Labute approximate surface area is 146 Å². The van der Waals surface area contributed by atoms with Crippen LogP contribution in [0.15, 0.2) is 40.8 Å². The summed E-state index contributed by atoms with van der Waals surface area (Å²) in [5, 5.41) is 3.65. The second-order valence-corrected chi connectivity index (χ2v) is 7.83. The summed E-state index contributed by atoms with van der Waals surface area (Å²) in [6, 6.07) is 12.2. The summed E-state index contributed by atoms with van der Waals surface area (Å²) in [7, 11) is -0.830. The number of nitrogens with one attached hydrogen (secondary N) is 1. The highest BCUT2D eigenvalue weighted by molar-refractivity contribution is 7.84. The molecule has 1 atom stereocenters. The van der Waals surface area contributed by atoms with Gasteiger partial charge in [-0.05, 0) is 42.7 Å². The van der Waals surface area contributed by atoms with Crippen molar-refractivity contribution < 1.29 is 13.4 Å². The number of rotatable bonds is 7. The molecule has 24 heavy (non-hydrogen) atoms. The van der Waals surface area contributed by atoms with Crippen LogP contribution in [0.4, 0.5) is 5.69 Å². The Bertz CT molecular complexity index is 677. The van der Waals surface area contributed by atoms with E-state index < -0.39 is 10.8 Å². The fourth-order valence-electron chi connectivity index (χ4n) is 2.89. The first kappa shape index (κ1) is 17.2. The Hall–Kier alpha value is -1.59. The molecule has 130 valence electrons. The second-order valence-electron chi connectivity index (χ2n) is 6.11. The zero-order chi connectivity index (χ0) is 16.8. The number of hydrogen-bond donors (Lipinski definition) is 1. The Morgan fingerprint density at radius 2 is 1.96 bits per heavy atom. The van der Waals surface area contributed by atoms with Gasteiger partial charge in [0, 0.05) is 47.1 Å². The Kier molecular flexibility index (Phi) is 6.10. The van der Waals surface area contributed by atoms with Crippen LogP contribution in [0.25, 0.3) is 0 Å². The van der Waals surface area contributed by atoms with E-state index in [0.717, 1.165) is 55.2 Å². The summed E-state index contributed by atoms with van der Waals surface area (Å²) >= 11 is 0. The summed E-state index contributed by atoms with van der Waals surface area (Å²) in [5.74, 6) is 2.55. The van der Waals surface area contributed by atoms with Crippen LogP contribution in [-0.4, -0.2) is 22.7 Å². The molecule has 1 N–H and O–H groups in total. The molecule has 1 fully saturated rings. The maximum Gasteiger partial charge on any atom is 0.123 e. The van der Waals surface area contributed by atoms with Crippen molar-refractivity contribution in [2.75, 3.05) is 18.5 Å². The standard InChI is InChI=1S/C19H25NO3S/c1-2-17-6-7-18(23-17)13-20-16-5-3-4-15(12-16)14-24(21)19-8-10-22-11-9-19/h3-7,12,19-20H,2,8-11,13-14H2,1H3. The molecule has 1 saturated heterocycles. The molecule has 2 heterocycles. The van der Waals surface area contributed by atoms with Crippen LogP contribution in [0, 0.1) is 0 Å². The van der Waals surface area contributed by atoms with Crippen LogP contribution in [0.3, 0.4) is 0 Å². The molecular weight excluding hydrogens is 322 g/mol. The summed E-state index contributed by atoms with van der Waals surface area (Å²) in [5.41, 5.74) is 2.14. The van der Waals surface area contributed by atoms with Gasteiger partial charge in [0.2, 0.25) is 0 Å². The fraction of sp³-hybridized carbons (Fsp3) is 0.474. The molecule has 0 spiro atoms. The molecule has 1 aromatic heterocycles. The number of benzene rings is 1. The molecule has 1 unspecified atom stereocenters. The van der Waals surface area contributed by atoms with Gasteiger partial charge in [-0.1, -0.05) is 19.1 Å². The predicted octanol–water partition coefficient (Wildman–Crippen LogP) is 3.88. The van der Waals surface area contributed by atoms with Crippen LogP contribution in [0.5, 0.6) is 0 Å². The van der Waals surface area contributed by atoms with Gasteiger partial charge in [-0.15, -0.1) is 0 Å². The summed E-state index contributed by atoms with van der Waals surface area (Å²) in [6.07, 6.45) is 2.72. The van der Waals surface area contributed by atoms with Crippen molar-refractivity contribution in [3.05, 3.63) is 53.5 Å². The number of aryl methyl sites for hydroxylation is 1. The van der Waals surface area contributed by atoms with E-state index in [4.69, 9.17) is 9.15 Å². The van der Waals surface area contributed by atoms with Gasteiger partial charge >= 0.3 is 0 Å². The molecule has 1 aliphatic heterocycles. The normalized spacial score (nSPS) is 16.9. The van der Waals surface area contributed by atoms with Crippen molar-refractivity contribution in [1.29, 1.82) is 0 Å². The minimum absolute atomic E-state index is 0.269. The van der Waals surface area contributed by atoms with Crippen molar-refractivity contribution >= 4 is 16.5 Å². The van der Waals surface area contributed by atoms with Crippen molar-refractivity contribution in [1.82, 2.24) is 0 Å². The zero-order valence-corrected chi connectivity index (χ0v) is 14.9. The van der Waals surface area contributed by atoms with E-state index in [-0.39, 0.29) is 5.25 Å². The molecule has 0 saturated carbocycles. The molecule has 0 amide bonds. The highest BCUT2D eigenvalue weighted by atomic mass is 32.2. The second kappa shape index (κ2) is 8.49. The third-order valence-electron chi connectivity index (χ3n) is 4.31. The van der Waals surface area contributed by atoms with Crippen molar-refractivity contribution in [2.24, 2.45) is 0 Å². The highest BCUT2D eigenvalue weighted by Crippen LogP contribution is 2.19. The third-order valence-corrected chi connectivity index (χ3v) is 6.14. The van der Waals surface area contributed by atoms with E-state index in [1.807, 2.05) is 30.3 Å². The first-order chi connectivity index (χ1) is 11.7. The zero-order valence-electron chi connectivity index (χ0n) is 14.1. The molecule has 0 radical (unpaired) electrons. The maximum atomic E-state index is 12.5. The number of ether oxygens (including phenoxy) is 1.